The summed E-state index contributed by atoms with van der Waals surface area (Å²) in [5, 5.41) is 6.52. The summed E-state index contributed by atoms with van der Waals surface area (Å²) in [5.41, 5.74) is 0. The van der Waals surface area contributed by atoms with Crippen LogP contribution >= 0.6 is 11.6 Å². The summed E-state index contributed by atoms with van der Waals surface area (Å²) in [6.45, 7) is 0.909. The third-order valence-electron chi connectivity index (χ3n) is 2.61. The summed E-state index contributed by atoms with van der Waals surface area (Å²) < 4.78 is 0. The molecule has 2 heterocycles. The Kier molecular flexibility index (Phi) is 3.74. The van der Waals surface area contributed by atoms with Crippen LogP contribution in [0.5, 0.6) is 0 Å². The molecule has 1 aromatic rings. The number of hydrogen-bond donors (Lipinski definition) is 2. The van der Waals surface area contributed by atoms with Crippen molar-refractivity contribution in [2.45, 2.75) is 25.3 Å². The van der Waals surface area contributed by atoms with E-state index >= 15 is 0 Å². The van der Waals surface area contributed by atoms with E-state index in [4.69, 9.17) is 11.6 Å². The quantitative estimate of drug-likeness (QED) is 0.828. The molecule has 5 heteroatoms. The SMILES string of the molecule is O=C(Nc1ccc(Cl)cn1)[C@H]1CCCCN1. The van der Waals surface area contributed by atoms with Gasteiger partial charge >= 0.3 is 0 Å². The number of amides is 1. The predicted octanol–water partition coefficient (Wildman–Crippen LogP) is 1.82. The number of pyridine rings is 1. The number of nitrogens with zero attached hydrogens (tertiary/aromatic N) is 1. The molecular weight excluding hydrogens is 226 g/mol. The highest BCUT2D eigenvalue weighted by atomic mass is 35.5. The van der Waals surface area contributed by atoms with Crippen molar-refractivity contribution >= 4 is 23.3 Å². The standard InChI is InChI=1S/C11H14ClN3O/c12-8-4-5-10(14-7-8)15-11(16)9-3-1-2-6-13-9/h4-5,7,9,13H,1-3,6H2,(H,14,15,16)/t9-/m1/s1. The van der Waals surface area contributed by atoms with Crippen LogP contribution < -0.4 is 10.6 Å². The van der Waals surface area contributed by atoms with Crippen molar-refractivity contribution in [3.63, 3.8) is 0 Å². The molecule has 2 rings (SSSR count). The zero-order valence-corrected chi connectivity index (χ0v) is 9.63. The van der Waals surface area contributed by atoms with E-state index in [1.54, 1.807) is 12.1 Å². The van der Waals surface area contributed by atoms with Crippen molar-refractivity contribution in [3.8, 4) is 0 Å². The third kappa shape index (κ3) is 2.93. The van der Waals surface area contributed by atoms with Gasteiger partial charge in [0.2, 0.25) is 5.91 Å². The second kappa shape index (κ2) is 5.27. The third-order valence-corrected chi connectivity index (χ3v) is 2.83. The molecule has 2 N–H and O–H groups in total. The molecule has 1 fully saturated rings. The van der Waals surface area contributed by atoms with Gasteiger partial charge < -0.3 is 10.6 Å². The zero-order chi connectivity index (χ0) is 11.4. The van der Waals surface area contributed by atoms with Crippen molar-refractivity contribution < 1.29 is 4.79 Å². The van der Waals surface area contributed by atoms with Crippen LogP contribution in [0.4, 0.5) is 5.82 Å². The average Bonchev–Trinajstić information content (AvgIpc) is 2.33. The van der Waals surface area contributed by atoms with Gasteiger partial charge in [-0.3, -0.25) is 4.79 Å². The maximum atomic E-state index is 11.8. The van der Waals surface area contributed by atoms with Gasteiger partial charge in [0, 0.05) is 6.20 Å². The van der Waals surface area contributed by atoms with Gasteiger partial charge in [-0.2, -0.15) is 0 Å². The van der Waals surface area contributed by atoms with Crippen LogP contribution in [0.15, 0.2) is 18.3 Å². The number of anilines is 1. The molecule has 1 amide bonds. The van der Waals surface area contributed by atoms with Gasteiger partial charge in [-0.15, -0.1) is 0 Å². The number of carbonyl (C=O) groups excluding carboxylic acids is 1. The topological polar surface area (TPSA) is 54.0 Å². The molecule has 1 aromatic heterocycles. The highest BCUT2D eigenvalue weighted by molar-refractivity contribution is 6.30. The minimum Gasteiger partial charge on any atom is -0.309 e. The lowest BCUT2D eigenvalue weighted by atomic mass is 10.0. The molecule has 1 aliphatic rings. The fraction of sp³-hybridized carbons (Fsp3) is 0.455. The van der Waals surface area contributed by atoms with E-state index in [1.165, 1.54) is 6.20 Å². The number of aromatic nitrogens is 1. The van der Waals surface area contributed by atoms with Crippen molar-refractivity contribution in [3.05, 3.63) is 23.4 Å². The summed E-state index contributed by atoms with van der Waals surface area (Å²) in [4.78, 5) is 15.8. The van der Waals surface area contributed by atoms with E-state index in [9.17, 15) is 4.79 Å². The number of hydrogen-bond acceptors (Lipinski definition) is 3. The van der Waals surface area contributed by atoms with Gasteiger partial charge in [-0.25, -0.2) is 4.98 Å². The summed E-state index contributed by atoms with van der Waals surface area (Å²) in [5.74, 6) is 0.524. The Morgan fingerprint density at radius 1 is 1.50 bits per heavy atom. The molecule has 0 radical (unpaired) electrons. The lowest BCUT2D eigenvalue weighted by Crippen LogP contribution is -2.43. The molecule has 0 unspecified atom stereocenters. The lowest BCUT2D eigenvalue weighted by Gasteiger charge is -2.22. The van der Waals surface area contributed by atoms with Gasteiger partial charge in [0.15, 0.2) is 0 Å². The van der Waals surface area contributed by atoms with Gasteiger partial charge in [0.05, 0.1) is 11.1 Å². The van der Waals surface area contributed by atoms with E-state index in [2.05, 4.69) is 15.6 Å². The van der Waals surface area contributed by atoms with E-state index in [0.29, 0.717) is 10.8 Å². The smallest absolute Gasteiger partial charge is 0.242 e. The van der Waals surface area contributed by atoms with Crippen LogP contribution in [0.2, 0.25) is 5.02 Å². The van der Waals surface area contributed by atoms with Gasteiger partial charge in [0.25, 0.3) is 0 Å². The lowest BCUT2D eigenvalue weighted by molar-refractivity contribution is -0.118. The molecule has 0 aliphatic carbocycles. The van der Waals surface area contributed by atoms with E-state index < -0.39 is 0 Å². The molecule has 1 aliphatic heterocycles. The summed E-state index contributed by atoms with van der Waals surface area (Å²) in [7, 11) is 0. The second-order valence-electron chi connectivity index (χ2n) is 3.85. The maximum absolute atomic E-state index is 11.8. The van der Waals surface area contributed by atoms with Crippen molar-refractivity contribution in [2.24, 2.45) is 0 Å². The molecule has 1 atom stereocenters. The number of carbonyl (C=O) groups is 1. The van der Waals surface area contributed by atoms with Gasteiger partial charge in [0.1, 0.15) is 5.82 Å². The van der Waals surface area contributed by atoms with Crippen molar-refractivity contribution in [1.82, 2.24) is 10.3 Å². The number of nitrogens with one attached hydrogen (secondary N) is 2. The van der Waals surface area contributed by atoms with Crippen LogP contribution in [-0.4, -0.2) is 23.5 Å². The summed E-state index contributed by atoms with van der Waals surface area (Å²) in [6, 6.07) is 3.31. The first kappa shape index (κ1) is 11.4. The monoisotopic (exact) mass is 239 g/mol. The van der Waals surface area contributed by atoms with Crippen molar-refractivity contribution in [2.75, 3.05) is 11.9 Å². The summed E-state index contributed by atoms with van der Waals surface area (Å²) in [6.07, 6.45) is 4.65. The predicted molar refractivity (Wildman–Crippen MR) is 63.5 cm³/mol. The molecule has 1 saturated heterocycles. The first-order valence-corrected chi connectivity index (χ1v) is 5.79. The first-order chi connectivity index (χ1) is 7.75. The highest BCUT2D eigenvalue weighted by Gasteiger charge is 2.20. The normalized spacial score (nSPS) is 20.4. The number of halogens is 1. The largest absolute Gasteiger partial charge is 0.309 e. The average molecular weight is 240 g/mol. The zero-order valence-electron chi connectivity index (χ0n) is 8.87. The Bertz CT molecular complexity index is 360. The van der Waals surface area contributed by atoms with E-state index in [-0.39, 0.29) is 11.9 Å². The molecular formula is C11H14ClN3O. The fourth-order valence-corrected chi connectivity index (χ4v) is 1.85. The minimum atomic E-state index is -0.0915. The van der Waals surface area contributed by atoms with E-state index in [0.717, 1.165) is 25.8 Å². The number of rotatable bonds is 2. The number of piperidine rings is 1. The molecule has 4 nitrogen and oxygen atoms in total. The second-order valence-corrected chi connectivity index (χ2v) is 4.29. The van der Waals surface area contributed by atoms with E-state index in [1.807, 2.05) is 0 Å². The molecule has 0 aromatic carbocycles. The van der Waals surface area contributed by atoms with Crippen LogP contribution in [0.1, 0.15) is 19.3 Å². The molecule has 0 bridgehead atoms. The van der Waals surface area contributed by atoms with Crippen LogP contribution in [-0.2, 0) is 4.79 Å². The fourth-order valence-electron chi connectivity index (χ4n) is 1.74. The van der Waals surface area contributed by atoms with Gasteiger partial charge in [-0.05, 0) is 31.5 Å². The summed E-state index contributed by atoms with van der Waals surface area (Å²) >= 11 is 5.71. The van der Waals surface area contributed by atoms with Crippen LogP contribution in [0.3, 0.4) is 0 Å². The Morgan fingerprint density at radius 3 is 3.00 bits per heavy atom. The Hall–Kier alpha value is -1.13. The van der Waals surface area contributed by atoms with Crippen molar-refractivity contribution in [1.29, 1.82) is 0 Å². The highest BCUT2D eigenvalue weighted by Crippen LogP contribution is 2.12. The minimum absolute atomic E-state index is 0.0190. The van der Waals surface area contributed by atoms with Crippen LogP contribution in [0.25, 0.3) is 0 Å². The Morgan fingerprint density at radius 2 is 2.38 bits per heavy atom. The molecule has 86 valence electrons. The maximum Gasteiger partial charge on any atom is 0.242 e. The molecule has 0 saturated carbocycles. The first-order valence-electron chi connectivity index (χ1n) is 5.41. The van der Waals surface area contributed by atoms with Gasteiger partial charge in [-0.1, -0.05) is 18.0 Å². The van der Waals surface area contributed by atoms with Crippen LogP contribution in [0, 0.1) is 0 Å². The Labute approximate surface area is 99.4 Å². The molecule has 0 spiro atoms. The Balaban J connectivity index is 1.93. The molecule has 16 heavy (non-hydrogen) atoms.